The summed E-state index contributed by atoms with van der Waals surface area (Å²) in [5.41, 5.74) is 1.34. The molecule has 140 valence electrons. The van der Waals surface area contributed by atoms with Crippen molar-refractivity contribution in [3.05, 3.63) is 42.1 Å². The third-order valence-corrected chi connectivity index (χ3v) is 5.22. The zero-order valence-corrected chi connectivity index (χ0v) is 14.8. The number of fused-ring (bicyclic) bond motifs is 1. The second kappa shape index (κ2) is 7.34. The van der Waals surface area contributed by atoms with E-state index in [1.165, 1.54) is 0 Å². The summed E-state index contributed by atoms with van der Waals surface area (Å²) in [6, 6.07) is 11.2. The number of amides is 2. The standard InChI is InChI=1S/C20H20N2O5/c23-18(11-22-19(24)15-8-4-5-9-16(15)20(22)25)26-12-14-10-17(27-21-14)13-6-2-1-3-7-13/h1-3,6-7,10,15-16H,4-5,8-9,11-12H2/t15-,16+. The van der Waals surface area contributed by atoms with Gasteiger partial charge in [-0.3, -0.25) is 19.3 Å². The van der Waals surface area contributed by atoms with Crippen LogP contribution in [0.5, 0.6) is 0 Å². The molecule has 2 amide bonds. The normalized spacial score (nSPS) is 22.0. The highest BCUT2D eigenvalue weighted by molar-refractivity contribution is 6.07. The Kier molecular flexibility index (Phi) is 4.75. The first-order valence-corrected chi connectivity index (χ1v) is 9.15. The van der Waals surface area contributed by atoms with E-state index in [0.29, 0.717) is 11.5 Å². The van der Waals surface area contributed by atoms with Crippen LogP contribution in [0.1, 0.15) is 31.4 Å². The third kappa shape index (κ3) is 3.49. The lowest BCUT2D eigenvalue weighted by Gasteiger charge is -2.19. The number of carbonyl (C=O) groups excluding carboxylic acids is 3. The van der Waals surface area contributed by atoms with Gasteiger partial charge in [-0.15, -0.1) is 0 Å². The summed E-state index contributed by atoms with van der Waals surface area (Å²) in [6.45, 7) is -0.410. The number of ether oxygens (including phenoxy) is 1. The van der Waals surface area contributed by atoms with Gasteiger partial charge in [0.1, 0.15) is 18.8 Å². The molecule has 0 radical (unpaired) electrons. The lowest BCUT2D eigenvalue weighted by molar-refractivity contribution is -0.153. The van der Waals surface area contributed by atoms with Crippen molar-refractivity contribution in [2.75, 3.05) is 6.54 Å². The first-order valence-electron chi connectivity index (χ1n) is 9.15. The minimum atomic E-state index is -0.625. The van der Waals surface area contributed by atoms with Gasteiger partial charge in [0, 0.05) is 11.6 Å². The van der Waals surface area contributed by atoms with Crippen LogP contribution in [-0.4, -0.2) is 34.4 Å². The molecule has 1 aromatic carbocycles. The maximum atomic E-state index is 12.4. The van der Waals surface area contributed by atoms with Crippen LogP contribution < -0.4 is 0 Å². The van der Waals surface area contributed by atoms with E-state index in [1.807, 2.05) is 30.3 Å². The highest BCUT2D eigenvalue weighted by Crippen LogP contribution is 2.37. The Morgan fingerprint density at radius 3 is 2.44 bits per heavy atom. The average Bonchev–Trinajstić information content (AvgIpc) is 3.27. The van der Waals surface area contributed by atoms with Gasteiger partial charge in [0.15, 0.2) is 5.76 Å². The maximum Gasteiger partial charge on any atom is 0.326 e. The molecule has 4 rings (SSSR count). The molecule has 0 bridgehead atoms. The van der Waals surface area contributed by atoms with Crippen LogP contribution >= 0.6 is 0 Å². The number of esters is 1. The van der Waals surface area contributed by atoms with Crippen LogP contribution in [0.15, 0.2) is 40.9 Å². The number of carbonyl (C=O) groups is 3. The fraction of sp³-hybridized carbons (Fsp3) is 0.400. The monoisotopic (exact) mass is 368 g/mol. The summed E-state index contributed by atoms with van der Waals surface area (Å²) >= 11 is 0. The number of likely N-dealkylation sites (tertiary alicyclic amines) is 1. The predicted octanol–water partition coefficient (Wildman–Crippen LogP) is 2.56. The Labute approximate surface area is 156 Å². The van der Waals surface area contributed by atoms with E-state index in [1.54, 1.807) is 6.07 Å². The zero-order valence-electron chi connectivity index (χ0n) is 14.8. The van der Waals surface area contributed by atoms with Crippen LogP contribution in [0, 0.1) is 11.8 Å². The quantitative estimate of drug-likeness (QED) is 0.595. The predicted molar refractivity (Wildman–Crippen MR) is 93.9 cm³/mol. The number of nitrogens with zero attached hydrogens (tertiary/aromatic N) is 2. The van der Waals surface area contributed by atoms with Crippen molar-refractivity contribution < 1.29 is 23.6 Å². The van der Waals surface area contributed by atoms with Gasteiger partial charge < -0.3 is 9.26 Å². The highest BCUT2D eigenvalue weighted by atomic mass is 16.5. The molecule has 1 saturated carbocycles. The molecule has 1 aromatic heterocycles. The molecular weight excluding hydrogens is 348 g/mol. The van der Waals surface area contributed by atoms with Crippen LogP contribution in [0.2, 0.25) is 0 Å². The first kappa shape index (κ1) is 17.5. The number of hydrogen-bond donors (Lipinski definition) is 0. The van der Waals surface area contributed by atoms with E-state index < -0.39 is 5.97 Å². The van der Waals surface area contributed by atoms with E-state index in [9.17, 15) is 14.4 Å². The largest absolute Gasteiger partial charge is 0.458 e. The van der Waals surface area contributed by atoms with Crippen molar-refractivity contribution in [1.82, 2.24) is 10.1 Å². The molecule has 2 aliphatic rings. The first-order chi connectivity index (χ1) is 13.1. The zero-order chi connectivity index (χ0) is 18.8. The molecule has 2 heterocycles. The highest BCUT2D eigenvalue weighted by Gasteiger charge is 2.48. The Balaban J connectivity index is 1.33. The molecular formula is C20H20N2O5. The number of benzene rings is 1. The molecule has 7 heteroatoms. The topological polar surface area (TPSA) is 89.7 Å². The summed E-state index contributed by atoms with van der Waals surface area (Å²) in [5.74, 6) is -1.05. The average molecular weight is 368 g/mol. The molecule has 1 aliphatic heterocycles. The molecule has 27 heavy (non-hydrogen) atoms. The molecule has 0 N–H and O–H groups in total. The number of hydrogen-bond acceptors (Lipinski definition) is 6. The summed E-state index contributed by atoms with van der Waals surface area (Å²) in [4.78, 5) is 38.0. The van der Waals surface area contributed by atoms with Crippen LogP contribution in [0.25, 0.3) is 11.3 Å². The van der Waals surface area contributed by atoms with Gasteiger partial charge in [-0.05, 0) is 12.8 Å². The minimum Gasteiger partial charge on any atom is -0.458 e. The molecule has 2 aromatic rings. The van der Waals surface area contributed by atoms with Crippen molar-refractivity contribution in [2.45, 2.75) is 32.3 Å². The van der Waals surface area contributed by atoms with Crippen LogP contribution in [0.3, 0.4) is 0 Å². The number of imide groups is 1. The second-order valence-corrected chi connectivity index (χ2v) is 6.97. The number of aromatic nitrogens is 1. The van der Waals surface area contributed by atoms with Crippen molar-refractivity contribution in [3.8, 4) is 11.3 Å². The number of rotatable bonds is 5. The lowest BCUT2D eigenvalue weighted by Crippen LogP contribution is -2.36. The summed E-state index contributed by atoms with van der Waals surface area (Å²) < 4.78 is 10.4. The van der Waals surface area contributed by atoms with Crippen molar-refractivity contribution in [2.24, 2.45) is 11.8 Å². The van der Waals surface area contributed by atoms with E-state index in [-0.39, 0.29) is 36.8 Å². The fourth-order valence-electron chi connectivity index (χ4n) is 3.83. The lowest BCUT2D eigenvalue weighted by atomic mass is 9.81. The maximum absolute atomic E-state index is 12.4. The fourth-order valence-corrected chi connectivity index (χ4v) is 3.83. The molecule has 2 fully saturated rings. The van der Waals surface area contributed by atoms with E-state index in [4.69, 9.17) is 9.26 Å². The smallest absolute Gasteiger partial charge is 0.326 e. The Hall–Kier alpha value is -2.96. The molecule has 0 spiro atoms. The summed E-state index contributed by atoms with van der Waals surface area (Å²) in [7, 11) is 0. The van der Waals surface area contributed by atoms with Crippen molar-refractivity contribution in [3.63, 3.8) is 0 Å². The minimum absolute atomic E-state index is 0.0712. The Bertz CT molecular complexity index is 836. The SMILES string of the molecule is O=C(CN1C(=O)[C@H]2CCCC[C@H]2C1=O)OCc1cc(-c2ccccc2)on1. The Morgan fingerprint density at radius 2 is 1.78 bits per heavy atom. The summed E-state index contributed by atoms with van der Waals surface area (Å²) in [5, 5.41) is 3.89. The molecule has 2 atom stereocenters. The van der Waals surface area contributed by atoms with E-state index in [0.717, 1.165) is 36.1 Å². The van der Waals surface area contributed by atoms with Gasteiger partial charge >= 0.3 is 5.97 Å². The molecule has 1 saturated heterocycles. The third-order valence-electron chi connectivity index (χ3n) is 5.22. The van der Waals surface area contributed by atoms with Gasteiger partial charge in [0.25, 0.3) is 0 Å². The van der Waals surface area contributed by atoms with Gasteiger partial charge in [-0.25, -0.2) is 0 Å². The second-order valence-electron chi connectivity index (χ2n) is 6.97. The Morgan fingerprint density at radius 1 is 1.11 bits per heavy atom. The summed E-state index contributed by atoms with van der Waals surface area (Å²) in [6.07, 6.45) is 3.35. The van der Waals surface area contributed by atoms with E-state index in [2.05, 4.69) is 5.16 Å². The van der Waals surface area contributed by atoms with Gasteiger partial charge in [0.2, 0.25) is 11.8 Å². The van der Waals surface area contributed by atoms with Crippen molar-refractivity contribution in [1.29, 1.82) is 0 Å². The van der Waals surface area contributed by atoms with Gasteiger partial charge in [-0.1, -0.05) is 48.3 Å². The van der Waals surface area contributed by atoms with Gasteiger partial charge in [0.05, 0.1) is 11.8 Å². The molecule has 0 unspecified atom stereocenters. The van der Waals surface area contributed by atoms with Gasteiger partial charge in [-0.2, -0.15) is 0 Å². The van der Waals surface area contributed by atoms with E-state index >= 15 is 0 Å². The molecule has 7 nitrogen and oxygen atoms in total. The van der Waals surface area contributed by atoms with Crippen LogP contribution in [0.4, 0.5) is 0 Å². The van der Waals surface area contributed by atoms with Crippen LogP contribution in [-0.2, 0) is 25.7 Å². The molecule has 1 aliphatic carbocycles. The van der Waals surface area contributed by atoms with Crippen molar-refractivity contribution >= 4 is 17.8 Å².